The van der Waals surface area contributed by atoms with Gasteiger partial charge in [-0.2, -0.15) is 4.98 Å². The molecule has 1 aromatic carbocycles. The van der Waals surface area contributed by atoms with Crippen LogP contribution in [0.25, 0.3) is 16.7 Å². The van der Waals surface area contributed by atoms with Gasteiger partial charge < -0.3 is 21.8 Å². The van der Waals surface area contributed by atoms with Gasteiger partial charge in [-0.25, -0.2) is 4.79 Å². The average molecular weight is 398 g/mol. The first-order valence-electron chi connectivity index (χ1n) is 9.92. The molecule has 156 valence electrons. The SMILES string of the molecule is CC.Cc1cc2cn(-c3ccc(C(C)NCCCN=C(N)N)cc3)c(=O)nc2[nH]1. The number of nitrogens with zero attached hydrogens (tertiary/aromatic N) is 3. The molecular weight excluding hydrogens is 366 g/mol. The van der Waals surface area contributed by atoms with Crippen LogP contribution < -0.4 is 22.5 Å². The zero-order valence-electron chi connectivity index (χ0n) is 17.6. The predicted octanol–water partition coefficient (Wildman–Crippen LogP) is 2.36. The van der Waals surface area contributed by atoms with E-state index in [0.29, 0.717) is 12.2 Å². The van der Waals surface area contributed by atoms with Gasteiger partial charge in [-0.3, -0.25) is 9.56 Å². The van der Waals surface area contributed by atoms with E-state index in [2.05, 4.69) is 27.2 Å². The molecule has 1 atom stereocenters. The van der Waals surface area contributed by atoms with Crippen LogP contribution >= 0.6 is 0 Å². The van der Waals surface area contributed by atoms with Crippen molar-refractivity contribution >= 4 is 17.0 Å². The highest BCUT2D eigenvalue weighted by Crippen LogP contribution is 2.17. The molecule has 3 rings (SSSR count). The van der Waals surface area contributed by atoms with Gasteiger partial charge in [-0.15, -0.1) is 0 Å². The lowest BCUT2D eigenvalue weighted by Crippen LogP contribution is -2.24. The van der Waals surface area contributed by atoms with Crippen LogP contribution in [0, 0.1) is 6.92 Å². The average Bonchev–Trinajstić information content (AvgIpc) is 3.07. The normalized spacial score (nSPS) is 11.6. The second-order valence-electron chi connectivity index (χ2n) is 6.58. The largest absolute Gasteiger partial charge is 0.370 e. The third-order valence-electron chi connectivity index (χ3n) is 4.39. The van der Waals surface area contributed by atoms with E-state index < -0.39 is 0 Å². The van der Waals surface area contributed by atoms with E-state index in [1.165, 1.54) is 0 Å². The van der Waals surface area contributed by atoms with E-state index >= 15 is 0 Å². The number of nitrogens with one attached hydrogen (secondary N) is 2. The number of fused-ring (bicyclic) bond motifs is 1. The molecule has 0 saturated heterocycles. The number of rotatable bonds is 7. The lowest BCUT2D eigenvalue weighted by atomic mass is 10.1. The van der Waals surface area contributed by atoms with Crippen molar-refractivity contribution in [2.45, 2.75) is 40.2 Å². The summed E-state index contributed by atoms with van der Waals surface area (Å²) in [6.45, 7) is 9.46. The summed E-state index contributed by atoms with van der Waals surface area (Å²) in [5, 5.41) is 4.34. The Kier molecular flexibility index (Phi) is 7.97. The molecule has 2 aromatic heterocycles. The maximum atomic E-state index is 12.3. The summed E-state index contributed by atoms with van der Waals surface area (Å²) in [5.74, 6) is 0.122. The summed E-state index contributed by atoms with van der Waals surface area (Å²) in [4.78, 5) is 23.5. The summed E-state index contributed by atoms with van der Waals surface area (Å²) in [5.41, 5.74) is 13.8. The Morgan fingerprint density at radius 3 is 2.62 bits per heavy atom. The Morgan fingerprint density at radius 1 is 1.28 bits per heavy atom. The topological polar surface area (TPSA) is 127 Å². The molecule has 0 fully saturated rings. The summed E-state index contributed by atoms with van der Waals surface area (Å²) in [6, 6.07) is 10.1. The number of aromatic amines is 1. The van der Waals surface area contributed by atoms with E-state index in [4.69, 9.17) is 11.5 Å². The lowest BCUT2D eigenvalue weighted by Gasteiger charge is -2.15. The van der Waals surface area contributed by atoms with E-state index in [1.54, 1.807) is 4.57 Å². The van der Waals surface area contributed by atoms with Crippen molar-refractivity contribution in [2.24, 2.45) is 16.5 Å². The van der Waals surface area contributed by atoms with Gasteiger partial charge in [0.15, 0.2) is 5.96 Å². The van der Waals surface area contributed by atoms with E-state index in [-0.39, 0.29) is 17.7 Å². The van der Waals surface area contributed by atoms with Crippen LogP contribution in [0.3, 0.4) is 0 Å². The molecule has 0 bridgehead atoms. The first-order valence-corrected chi connectivity index (χ1v) is 9.92. The lowest BCUT2D eigenvalue weighted by molar-refractivity contribution is 0.562. The van der Waals surface area contributed by atoms with Crippen molar-refractivity contribution in [1.29, 1.82) is 0 Å². The molecule has 0 radical (unpaired) electrons. The standard InChI is InChI=1S/C19H25N7O.C2H6/c1-12-10-15-11-26(19(27)25-17(15)24-12)16-6-4-14(5-7-16)13(2)22-8-3-9-23-18(20)21;1-2/h4-7,10-11,13,22H,3,8-9H2,1-2H3,(H4,20,21,23)(H,24,25,27);1-2H3. The highest BCUT2D eigenvalue weighted by Gasteiger charge is 2.08. The minimum atomic E-state index is -0.303. The van der Waals surface area contributed by atoms with Gasteiger partial charge in [0, 0.05) is 29.9 Å². The molecule has 0 aliphatic heterocycles. The number of hydrogen-bond donors (Lipinski definition) is 4. The van der Waals surface area contributed by atoms with Crippen LogP contribution in [0.2, 0.25) is 0 Å². The fourth-order valence-corrected chi connectivity index (χ4v) is 2.96. The summed E-state index contributed by atoms with van der Waals surface area (Å²) in [6.07, 6.45) is 2.67. The number of benzene rings is 1. The third kappa shape index (κ3) is 5.92. The predicted molar refractivity (Wildman–Crippen MR) is 119 cm³/mol. The van der Waals surface area contributed by atoms with Gasteiger partial charge in [0.2, 0.25) is 0 Å². The van der Waals surface area contributed by atoms with Crippen LogP contribution in [0.4, 0.5) is 0 Å². The number of nitrogens with two attached hydrogens (primary N) is 2. The molecule has 2 heterocycles. The van der Waals surface area contributed by atoms with Crippen molar-refractivity contribution in [3.05, 3.63) is 58.3 Å². The zero-order valence-corrected chi connectivity index (χ0v) is 17.6. The van der Waals surface area contributed by atoms with Gasteiger partial charge in [0.1, 0.15) is 5.65 Å². The molecule has 8 nitrogen and oxygen atoms in total. The minimum absolute atomic E-state index is 0.122. The number of hydrogen-bond acceptors (Lipinski definition) is 4. The van der Waals surface area contributed by atoms with Crippen LogP contribution in [0.1, 0.15) is 44.5 Å². The minimum Gasteiger partial charge on any atom is -0.370 e. The Bertz CT molecular complexity index is 998. The van der Waals surface area contributed by atoms with Crippen LogP contribution in [-0.4, -0.2) is 33.6 Å². The molecular formula is C21H31N7O. The molecule has 6 N–H and O–H groups in total. The zero-order chi connectivity index (χ0) is 21.4. The molecule has 1 unspecified atom stereocenters. The van der Waals surface area contributed by atoms with Crippen molar-refractivity contribution < 1.29 is 0 Å². The Balaban J connectivity index is 0.00000145. The maximum absolute atomic E-state index is 12.3. The molecule has 0 saturated carbocycles. The van der Waals surface area contributed by atoms with Crippen molar-refractivity contribution in [3.8, 4) is 5.69 Å². The summed E-state index contributed by atoms with van der Waals surface area (Å²) < 4.78 is 1.56. The van der Waals surface area contributed by atoms with Crippen LogP contribution in [0.5, 0.6) is 0 Å². The first kappa shape index (κ1) is 22.2. The maximum Gasteiger partial charge on any atom is 0.354 e. The van der Waals surface area contributed by atoms with Crippen molar-refractivity contribution in [3.63, 3.8) is 0 Å². The Morgan fingerprint density at radius 2 is 1.97 bits per heavy atom. The summed E-state index contributed by atoms with van der Waals surface area (Å²) in [7, 11) is 0. The highest BCUT2D eigenvalue weighted by atomic mass is 16.1. The summed E-state index contributed by atoms with van der Waals surface area (Å²) >= 11 is 0. The van der Waals surface area contributed by atoms with Crippen molar-refractivity contribution in [1.82, 2.24) is 19.9 Å². The molecule has 0 aliphatic carbocycles. The molecule has 0 spiro atoms. The van der Waals surface area contributed by atoms with Gasteiger partial charge in [-0.1, -0.05) is 26.0 Å². The monoisotopic (exact) mass is 397 g/mol. The Labute approximate surface area is 171 Å². The first-order chi connectivity index (χ1) is 13.9. The van der Waals surface area contributed by atoms with Gasteiger partial charge >= 0.3 is 5.69 Å². The quantitative estimate of drug-likeness (QED) is 0.276. The Hall–Kier alpha value is -3.13. The number of aromatic nitrogens is 3. The molecule has 0 aliphatic rings. The molecule has 8 heteroatoms. The van der Waals surface area contributed by atoms with E-state index in [9.17, 15) is 4.79 Å². The third-order valence-corrected chi connectivity index (χ3v) is 4.39. The second kappa shape index (κ2) is 10.4. The van der Waals surface area contributed by atoms with E-state index in [0.717, 1.165) is 35.3 Å². The second-order valence-corrected chi connectivity index (χ2v) is 6.58. The van der Waals surface area contributed by atoms with Gasteiger partial charge in [-0.05, 0) is 50.6 Å². The number of aliphatic imine (C=N–C) groups is 1. The van der Waals surface area contributed by atoms with E-state index in [1.807, 2.05) is 57.3 Å². The van der Waals surface area contributed by atoms with Crippen molar-refractivity contribution in [2.75, 3.05) is 13.1 Å². The van der Waals surface area contributed by atoms with Gasteiger partial charge in [0.25, 0.3) is 0 Å². The number of aryl methyl sites for hydroxylation is 1. The number of H-pyrrole nitrogens is 1. The fourth-order valence-electron chi connectivity index (χ4n) is 2.96. The fraction of sp³-hybridized carbons (Fsp3) is 0.381. The molecule has 29 heavy (non-hydrogen) atoms. The van der Waals surface area contributed by atoms with Gasteiger partial charge in [0.05, 0.1) is 5.69 Å². The number of guanidine groups is 1. The van der Waals surface area contributed by atoms with Crippen LogP contribution in [0.15, 0.2) is 46.3 Å². The van der Waals surface area contributed by atoms with Crippen LogP contribution in [-0.2, 0) is 0 Å². The molecule has 3 aromatic rings. The smallest absolute Gasteiger partial charge is 0.354 e. The molecule has 0 amide bonds. The highest BCUT2D eigenvalue weighted by molar-refractivity contribution is 5.76.